The highest BCUT2D eigenvalue weighted by molar-refractivity contribution is 8.93. The minimum absolute atomic E-state index is 0. The molecule has 13 heavy (non-hydrogen) atoms. The van der Waals surface area contributed by atoms with Gasteiger partial charge in [0.05, 0.1) is 0 Å². The maximum atomic E-state index is 10.9. The Morgan fingerprint density at radius 3 is 2.15 bits per heavy atom. The van der Waals surface area contributed by atoms with Crippen LogP contribution >= 0.6 is 17.0 Å². The van der Waals surface area contributed by atoms with Crippen LogP contribution in [0, 0.1) is 5.92 Å². The molecule has 1 amide bonds. The van der Waals surface area contributed by atoms with Gasteiger partial charge >= 0.3 is 0 Å². The predicted octanol–water partition coefficient (Wildman–Crippen LogP) is 1.54. The first-order chi connectivity index (χ1) is 5.43. The maximum Gasteiger partial charge on any atom is 0.246 e. The van der Waals surface area contributed by atoms with Gasteiger partial charge in [-0.25, -0.2) is 0 Å². The van der Waals surface area contributed by atoms with Crippen LogP contribution in [0.1, 0.15) is 20.3 Å². The predicted molar refractivity (Wildman–Crippen MR) is 60.7 cm³/mol. The second kappa shape index (κ2) is 6.95. The summed E-state index contributed by atoms with van der Waals surface area (Å²) in [5.74, 6) is 0.140. The number of primary amides is 1. The van der Waals surface area contributed by atoms with Crippen LogP contribution in [0.15, 0.2) is 11.8 Å². The van der Waals surface area contributed by atoms with Gasteiger partial charge in [0.2, 0.25) is 5.91 Å². The number of hydrogen-bond donors (Lipinski definition) is 1. The van der Waals surface area contributed by atoms with Crippen molar-refractivity contribution in [1.82, 2.24) is 4.90 Å². The van der Waals surface area contributed by atoms with Crippen LogP contribution in [-0.4, -0.2) is 24.9 Å². The van der Waals surface area contributed by atoms with Gasteiger partial charge in [0.1, 0.15) is 0 Å². The number of nitrogens with two attached hydrogens (primary N) is 1. The van der Waals surface area contributed by atoms with Crippen LogP contribution in [0.25, 0.3) is 0 Å². The summed E-state index contributed by atoms with van der Waals surface area (Å²) in [6, 6.07) is 0. The zero-order valence-electron chi connectivity index (χ0n) is 8.70. The molecule has 2 N–H and O–H groups in total. The van der Waals surface area contributed by atoms with Crippen LogP contribution in [-0.2, 0) is 4.79 Å². The lowest BCUT2D eigenvalue weighted by Gasteiger charge is -2.10. The molecule has 0 atom stereocenters. The summed E-state index contributed by atoms with van der Waals surface area (Å²) < 4.78 is 0. The topological polar surface area (TPSA) is 46.3 Å². The van der Waals surface area contributed by atoms with Crippen LogP contribution < -0.4 is 5.73 Å². The van der Waals surface area contributed by atoms with Crippen molar-refractivity contribution in [2.75, 3.05) is 14.1 Å². The highest BCUT2D eigenvalue weighted by Crippen LogP contribution is 2.10. The largest absolute Gasteiger partial charge is 0.383 e. The normalized spacial score (nSPS) is 11.0. The monoisotopic (exact) mass is 250 g/mol. The number of carbonyl (C=O) groups excluding carboxylic acids is 1. The van der Waals surface area contributed by atoms with Crippen molar-refractivity contribution >= 4 is 22.9 Å². The second-order valence-corrected chi connectivity index (χ2v) is 3.58. The van der Waals surface area contributed by atoms with E-state index in [1.165, 1.54) is 0 Å². The Bertz CT molecular complexity index is 188. The number of amides is 1. The van der Waals surface area contributed by atoms with Gasteiger partial charge in [-0.15, -0.1) is 17.0 Å². The minimum Gasteiger partial charge on any atom is -0.383 e. The first-order valence-corrected chi connectivity index (χ1v) is 4.10. The van der Waals surface area contributed by atoms with Gasteiger partial charge < -0.3 is 10.6 Å². The first-order valence-electron chi connectivity index (χ1n) is 4.10. The van der Waals surface area contributed by atoms with Gasteiger partial charge in [-0.2, -0.15) is 0 Å². The molecule has 4 heteroatoms. The molecule has 0 bridgehead atoms. The molecule has 0 rings (SSSR count). The Balaban J connectivity index is 0. The fourth-order valence-corrected chi connectivity index (χ4v) is 0.968. The van der Waals surface area contributed by atoms with Crippen LogP contribution in [0.2, 0.25) is 0 Å². The molecule has 0 radical (unpaired) electrons. The highest BCUT2D eigenvalue weighted by atomic mass is 79.9. The van der Waals surface area contributed by atoms with Crippen molar-refractivity contribution in [3.05, 3.63) is 11.8 Å². The van der Waals surface area contributed by atoms with Crippen molar-refractivity contribution in [1.29, 1.82) is 0 Å². The Morgan fingerprint density at radius 2 is 1.92 bits per heavy atom. The summed E-state index contributed by atoms with van der Waals surface area (Å²) in [5.41, 5.74) is 5.89. The number of hydrogen-bond acceptors (Lipinski definition) is 2. The van der Waals surface area contributed by atoms with Gasteiger partial charge in [0.15, 0.2) is 0 Å². The van der Waals surface area contributed by atoms with E-state index in [1.807, 2.05) is 19.0 Å². The number of halogens is 1. The molecule has 0 aliphatic rings. The standard InChI is InChI=1S/C9H18N2O.BrH/c1-7(2)5-8(9(10)12)6-11(3)4;/h6-7H,5H2,1-4H3,(H2,10,12);1H/b8-6+;. The molecule has 0 spiro atoms. The summed E-state index contributed by atoms with van der Waals surface area (Å²) in [5, 5.41) is 0. The van der Waals surface area contributed by atoms with Crippen LogP contribution in [0.4, 0.5) is 0 Å². The Morgan fingerprint density at radius 1 is 1.46 bits per heavy atom. The summed E-state index contributed by atoms with van der Waals surface area (Å²) >= 11 is 0. The van der Waals surface area contributed by atoms with Crippen LogP contribution in [0.3, 0.4) is 0 Å². The third-order valence-corrected chi connectivity index (χ3v) is 1.36. The van der Waals surface area contributed by atoms with Crippen molar-refractivity contribution in [3.63, 3.8) is 0 Å². The lowest BCUT2D eigenvalue weighted by Crippen LogP contribution is -2.18. The van der Waals surface area contributed by atoms with Crippen molar-refractivity contribution in [2.24, 2.45) is 11.7 Å². The average molecular weight is 251 g/mol. The van der Waals surface area contributed by atoms with E-state index in [9.17, 15) is 4.79 Å². The third-order valence-electron chi connectivity index (χ3n) is 1.36. The lowest BCUT2D eigenvalue weighted by atomic mass is 10.0. The molecule has 0 aromatic carbocycles. The SMILES string of the molecule is Br.CC(C)C/C(=C\N(C)C)C(N)=O. The third kappa shape index (κ3) is 7.84. The van der Waals surface area contributed by atoms with E-state index < -0.39 is 0 Å². The van der Waals surface area contributed by atoms with Gasteiger partial charge in [-0.05, 0) is 12.3 Å². The lowest BCUT2D eigenvalue weighted by molar-refractivity contribution is -0.114. The molecule has 0 heterocycles. The van der Waals surface area contributed by atoms with E-state index in [0.717, 1.165) is 6.42 Å². The van der Waals surface area contributed by atoms with Crippen molar-refractivity contribution in [2.45, 2.75) is 20.3 Å². The zero-order chi connectivity index (χ0) is 9.72. The molecule has 0 unspecified atom stereocenters. The fourth-order valence-electron chi connectivity index (χ4n) is 0.968. The first kappa shape index (κ1) is 15.0. The average Bonchev–Trinajstić information content (AvgIpc) is 1.83. The van der Waals surface area contributed by atoms with Crippen molar-refractivity contribution < 1.29 is 4.79 Å². The summed E-state index contributed by atoms with van der Waals surface area (Å²) in [7, 11) is 3.76. The summed E-state index contributed by atoms with van der Waals surface area (Å²) in [6.45, 7) is 4.12. The molecule has 0 fully saturated rings. The molecule has 0 saturated heterocycles. The summed E-state index contributed by atoms with van der Waals surface area (Å²) in [4.78, 5) is 12.7. The summed E-state index contributed by atoms with van der Waals surface area (Å²) in [6.07, 6.45) is 2.52. The van der Waals surface area contributed by atoms with Gasteiger partial charge in [0.25, 0.3) is 0 Å². The molecule has 78 valence electrons. The quantitative estimate of drug-likeness (QED) is 0.770. The van der Waals surface area contributed by atoms with Gasteiger partial charge in [0, 0.05) is 25.9 Å². The molecule has 0 aromatic heterocycles. The minimum atomic E-state index is -0.322. The smallest absolute Gasteiger partial charge is 0.246 e. The van der Waals surface area contributed by atoms with E-state index in [2.05, 4.69) is 13.8 Å². The van der Waals surface area contributed by atoms with Gasteiger partial charge in [-0.3, -0.25) is 4.79 Å². The second-order valence-electron chi connectivity index (χ2n) is 3.58. The van der Waals surface area contributed by atoms with E-state index in [0.29, 0.717) is 11.5 Å². The maximum absolute atomic E-state index is 10.9. The van der Waals surface area contributed by atoms with E-state index in [4.69, 9.17) is 5.73 Å². The van der Waals surface area contributed by atoms with Crippen molar-refractivity contribution in [3.8, 4) is 0 Å². The molecule has 0 saturated carbocycles. The van der Waals surface area contributed by atoms with E-state index in [-0.39, 0.29) is 22.9 Å². The van der Waals surface area contributed by atoms with E-state index >= 15 is 0 Å². The molecule has 0 aromatic rings. The molecule has 0 aliphatic heterocycles. The Hall–Kier alpha value is -0.510. The number of carbonyl (C=O) groups is 1. The van der Waals surface area contributed by atoms with Gasteiger partial charge in [-0.1, -0.05) is 13.8 Å². The Kier molecular flexibility index (Phi) is 8.01. The fraction of sp³-hybridized carbons (Fsp3) is 0.667. The molecular formula is C9H19BrN2O. The highest BCUT2D eigenvalue weighted by Gasteiger charge is 2.07. The van der Waals surface area contributed by atoms with E-state index in [1.54, 1.807) is 6.20 Å². The zero-order valence-corrected chi connectivity index (χ0v) is 10.4. The molecule has 0 aliphatic carbocycles. The Labute approximate surface area is 90.7 Å². The van der Waals surface area contributed by atoms with Crippen LogP contribution in [0.5, 0.6) is 0 Å². The molecular weight excluding hydrogens is 232 g/mol. The number of rotatable bonds is 4. The number of nitrogens with zero attached hydrogens (tertiary/aromatic N) is 1. The molecule has 3 nitrogen and oxygen atoms in total.